The fraction of sp³-hybridized carbons (Fsp3) is 0.0952. The molecule has 134 valence electrons. The molecule has 0 unspecified atom stereocenters. The fourth-order valence-electron chi connectivity index (χ4n) is 2.88. The quantitative estimate of drug-likeness (QED) is 0.556. The Bertz CT molecular complexity index is 1150. The number of pyridine rings is 1. The van der Waals surface area contributed by atoms with Gasteiger partial charge in [-0.3, -0.25) is 9.20 Å². The Labute approximate surface area is 156 Å². The van der Waals surface area contributed by atoms with Gasteiger partial charge in [-0.25, -0.2) is 0 Å². The molecule has 27 heavy (non-hydrogen) atoms. The van der Waals surface area contributed by atoms with Crippen LogP contribution in [-0.2, 0) is 11.3 Å². The molecule has 2 aromatic carbocycles. The van der Waals surface area contributed by atoms with Crippen LogP contribution in [0.4, 0.5) is 0 Å². The van der Waals surface area contributed by atoms with Crippen LogP contribution in [0.3, 0.4) is 0 Å². The zero-order valence-electron chi connectivity index (χ0n) is 14.8. The summed E-state index contributed by atoms with van der Waals surface area (Å²) in [5.41, 5.74) is 1.71. The molecule has 0 atom stereocenters. The third-order valence-corrected chi connectivity index (χ3v) is 4.30. The van der Waals surface area contributed by atoms with E-state index in [1.165, 1.54) is 6.08 Å². The molecular weight excluding hydrogens is 340 g/mol. The van der Waals surface area contributed by atoms with E-state index in [4.69, 9.17) is 4.74 Å². The molecule has 0 aliphatic rings. The first-order chi connectivity index (χ1) is 13.2. The van der Waals surface area contributed by atoms with Crippen molar-refractivity contribution in [3.8, 4) is 5.75 Å². The summed E-state index contributed by atoms with van der Waals surface area (Å²) in [6.45, 7) is 0.311. The van der Waals surface area contributed by atoms with Crippen LogP contribution in [0.1, 0.15) is 11.4 Å². The topological polar surface area (TPSA) is 68.5 Å². The molecule has 4 rings (SSSR count). The maximum atomic E-state index is 12.1. The van der Waals surface area contributed by atoms with Crippen LogP contribution in [0, 0.1) is 0 Å². The monoisotopic (exact) mass is 358 g/mol. The number of methoxy groups -OCH3 is 1. The predicted octanol–water partition coefficient (Wildman–Crippen LogP) is 3.22. The Hall–Kier alpha value is -3.67. The minimum absolute atomic E-state index is 0.183. The second-order valence-corrected chi connectivity index (χ2v) is 6.07. The van der Waals surface area contributed by atoms with Crippen molar-refractivity contribution < 1.29 is 9.53 Å². The zero-order chi connectivity index (χ0) is 18.6. The maximum Gasteiger partial charge on any atom is 0.244 e. The molecule has 0 fully saturated rings. The van der Waals surface area contributed by atoms with Gasteiger partial charge in [0.2, 0.25) is 5.91 Å². The highest BCUT2D eigenvalue weighted by molar-refractivity contribution is 5.93. The Morgan fingerprint density at radius 2 is 1.96 bits per heavy atom. The van der Waals surface area contributed by atoms with E-state index >= 15 is 0 Å². The lowest BCUT2D eigenvalue weighted by molar-refractivity contribution is -0.116. The number of rotatable bonds is 5. The van der Waals surface area contributed by atoms with Gasteiger partial charge in [0.1, 0.15) is 5.75 Å². The lowest BCUT2D eigenvalue weighted by Gasteiger charge is -2.04. The third kappa shape index (κ3) is 3.64. The maximum absolute atomic E-state index is 12.1. The number of hydrogen-bond acceptors (Lipinski definition) is 4. The molecule has 4 aromatic rings. The van der Waals surface area contributed by atoms with E-state index in [1.807, 2.05) is 65.2 Å². The highest BCUT2D eigenvalue weighted by atomic mass is 16.5. The zero-order valence-corrected chi connectivity index (χ0v) is 14.8. The van der Waals surface area contributed by atoms with E-state index in [-0.39, 0.29) is 5.91 Å². The first kappa shape index (κ1) is 16.8. The molecule has 6 heteroatoms. The second kappa shape index (κ2) is 7.29. The Morgan fingerprint density at radius 1 is 1.11 bits per heavy atom. The van der Waals surface area contributed by atoms with Gasteiger partial charge in [-0.2, -0.15) is 0 Å². The molecule has 1 amide bonds. The van der Waals surface area contributed by atoms with E-state index < -0.39 is 0 Å². The number of nitrogens with zero attached hydrogens (tertiary/aromatic N) is 3. The summed E-state index contributed by atoms with van der Waals surface area (Å²) in [6.07, 6.45) is 5.19. The van der Waals surface area contributed by atoms with Crippen molar-refractivity contribution >= 4 is 28.4 Å². The number of ether oxygens (including phenoxy) is 1. The Morgan fingerprint density at radius 3 is 2.85 bits per heavy atom. The van der Waals surface area contributed by atoms with Crippen LogP contribution in [0.5, 0.6) is 5.75 Å². The van der Waals surface area contributed by atoms with Crippen LogP contribution >= 0.6 is 0 Å². The Balaban J connectivity index is 1.43. The third-order valence-electron chi connectivity index (χ3n) is 4.30. The van der Waals surface area contributed by atoms with Gasteiger partial charge in [-0.1, -0.05) is 24.3 Å². The van der Waals surface area contributed by atoms with Gasteiger partial charge in [0, 0.05) is 12.3 Å². The molecule has 0 spiro atoms. The van der Waals surface area contributed by atoms with E-state index in [9.17, 15) is 4.79 Å². The van der Waals surface area contributed by atoms with E-state index in [0.29, 0.717) is 12.4 Å². The molecule has 0 radical (unpaired) electrons. The molecule has 0 saturated carbocycles. The van der Waals surface area contributed by atoms with Gasteiger partial charge in [0.05, 0.1) is 13.7 Å². The van der Waals surface area contributed by atoms with Crippen molar-refractivity contribution in [1.29, 1.82) is 0 Å². The smallest absolute Gasteiger partial charge is 0.244 e. The van der Waals surface area contributed by atoms with Gasteiger partial charge < -0.3 is 10.1 Å². The van der Waals surface area contributed by atoms with Gasteiger partial charge in [-0.05, 0) is 52.7 Å². The molecule has 2 aromatic heterocycles. The SMILES string of the molecule is COc1ccc2cc(/C=C/C(=O)NCc3nnc4ccccn34)ccc2c1. The largest absolute Gasteiger partial charge is 0.497 e. The van der Waals surface area contributed by atoms with Crippen molar-refractivity contribution in [3.05, 3.63) is 78.3 Å². The predicted molar refractivity (Wildman–Crippen MR) is 104 cm³/mol. The second-order valence-electron chi connectivity index (χ2n) is 6.07. The van der Waals surface area contributed by atoms with Crippen molar-refractivity contribution in [1.82, 2.24) is 19.9 Å². The lowest BCUT2D eigenvalue weighted by Crippen LogP contribution is -2.21. The van der Waals surface area contributed by atoms with E-state index in [2.05, 4.69) is 15.5 Å². The summed E-state index contributed by atoms with van der Waals surface area (Å²) in [4.78, 5) is 12.1. The van der Waals surface area contributed by atoms with Crippen LogP contribution < -0.4 is 10.1 Å². The molecule has 0 bridgehead atoms. The van der Waals surface area contributed by atoms with E-state index in [0.717, 1.165) is 27.7 Å². The van der Waals surface area contributed by atoms with Gasteiger partial charge >= 0.3 is 0 Å². The number of carbonyl (C=O) groups excluding carboxylic acids is 1. The summed E-state index contributed by atoms with van der Waals surface area (Å²) in [5, 5.41) is 13.2. The van der Waals surface area contributed by atoms with Crippen LogP contribution in [0.15, 0.2) is 66.9 Å². The number of carbonyl (C=O) groups is 1. The number of fused-ring (bicyclic) bond motifs is 2. The van der Waals surface area contributed by atoms with Gasteiger partial charge in [-0.15, -0.1) is 10.2 Å². The standard InChI is InChI=1S/C21H18N4O2/c1-27-18-9-8-16-12-15(5-7-17(16)13-18)6-10-21(26)22-14-20-24-23-19-4-2-3-11-25(19)20/h2-13H,14H2,1H3,(H,22,26)/b10-6+. The van der Waals surface area contributed by atoms with Crippen LogP contribution in [0.2, 0.25) is 0 Å². The number of benzene rings is 2. The summed E-state index contributed by atoms with van der Waals surface area (Å²) >= 11 is 0. The molecule has 1 N–H and O–H groups in total. The number of aromatic nitrogens is 3. The highest BCUT2D eigenvalue weighted by Crippen LogP contribution is 2.22. The average molecular weight is 358 g/mol. The normalized spacial score (nSPS) is 11.3. The molecule has 2 heterocycles. The van der Waals surface area contributed by atoms with Crippen molar-refractivity contribution in [2.24, 2.45) is 0 Å². The van der Waals surface area contributed by atoms with Gasteiger partial charge in [0.15, 0.2) is 11.5 Å². The van der Waals surface area contributed by atoms with Crippen molar-refractivity contribution in [2.75, 3.05) is 7.11 Å². The summed E-state index contributed by atoms with van der Waals surface area (Å²) < 4.78 is 7.09. The molecule has 6 nitrogen and oxygen atoms in total. The minimum atomic E-state index is -0.183. The first-order valence-electron chi connectivity index (χ1n) is 8.55. The van der Waals surface area contributed by atoms with Crippen molar-refractivity contribution in [3.63, 3.8) is 0 Å². The summed E-state index contributed by atoms with van der Waals surface area (Å²) in [5.74, 6) is 1.33. The molecular formula is C21H18N4O2. The number of hydrogen-bond donors (Lipinski definition) is 1. The summed E-state index contributed by atoms with van der Waals surface area (Å²) in [7, 11) is 1.65. The minimum Gasteiger partial charge on any atom is -0.497 e. The highest BCUT2D eigenvalue weighted by Gasteiger charge is 2.05. The van der Waals surface area contributed by atoms with Gasteiger partial charge in [0.25, 0.3) is 0 Å². The molecule has 0 saturated heterocycles. The van der Waals surface area contributed by atoms with Crippen LogP contribution in [-0.4, -0.2) is 27.6 Å². The number of amides is 1. The first-order valence-corrected chi connectivity index (χ1v) is 8.55. The lowest BCUT2D eigenvalue weighted by atomic mass is 10.1. The molecule has 0 aliphatic heterocycles. The number of nitrogens with one attached hydrogen (secondary N) is 1. The molecule has 0 aliphatic carbocycles. The van der Waals surface area contributed by atoms with Crippen molar-refractivity contribution in [2.45, 2.75) is 6.54 Å². The summed E-state index contributed by atoms with van der Waals surface area (Å²) in [6, 6.07) is 17.6. The van der Waals surface area contributed by atoms with E-state index in [1.54, 1.807) is 13.2 Å². The van der Waals surface area contributed by atoms with Crippen LogP contribution in [0.25, 0.3) is 22.5 Å². The fourth-order valence-corrected chi connectivity index (χ4v) is 2.88. The average Bonchev–Trinajstić information content (AvgIpc) is 3.13. The Kier molecular flexibility index (Phi) is 4.53.